The third-order valence-corrected chi connectivity index (χ3v) is 3.17. The smallest absolute Gasteiger partial charge is 0.286 e. The number of carbonyl (C=O) groups excluding carboxylic acids is 1. The Hall–Kier alpha value is -0.880. The highest BCUT2D eigenvalue weighted by atomic mass is 35.5. The van der Waals surface area contributed by atoms with Crippen molar-refractivity contribution in [1.29, 1.82) is 0 Å². The van der Waals surface area contributed by atoms with Gasteiger partial charge < -0.3 is 5.32 Å². The van der Waals surface area contributed by atoms with Crippen molar-refractivity contribution in [3.8, 4) is 0 Å². The molecule has 1 amide bonds. The molecule has 0 atom stereocenters. The van der Waals surface area contributed by atoms with E-state index < -0.39 is 5.91 Å². The second-order valence-corrected chi connectivity index (χ2v) is 5.40. The van der Waals surface area contributed by atoms with Crippen LogP contribution in [-0.4, -0.2) is 16.1 Å². The molecule has 2 aromatic rings. The summed E-state index contributed by atoms with van der Waals surface area (Å²) >= 11 is 18.2. The molecule has 17 heavy (non-hydrogen) atoms. The highest BCUT2D eigenvalue weighted by molar-refractivity contribution is 7.17. The molecule has 0 aliphatic heterocycles. The van der Waals surface area contributed by atoms with Crippen molar-refractivity contribution in [1.82, 2.24) is 10.2 Å². The van der Waals surface area contributed by atoms with Crippen LogP contribution in [0.1, 0.15) is 9.80 Å². The molecule has 0 unspecified atom stereocenters. The van der Waals surface area contributed by atoms with Crippen LogP contribution in [-0.2, 0) is 0 Å². The molecule has 8 heteroatoms. The number of benzene rings is 1. The van der Waals surface area contributed by atoms with Gasteiger partial charge in [-0.15, -0.1) is 10.2 Å². The van der Waals surface area contributed by atoms with E-state index in [-0.39, 0.29) is 9.47 Å². The molecule has 0 bridgehead atoms. The van der Waals surface area contributed by atoms with Gasteiger partial charge in [0, 0.05) is 15.7 Å². The maximum atomic E-state index is 11.7. The van der Waals surface area contributed by atoms with E-state index >= 15 is 0 Å². The van der Waals surface area contributed by atoms with Crippen LogP contribution in [0.5, 0.6) is 0 Å². The molecule has 0 spiro atoms. The van der Waals surface area contributed by atoms with Gasteiger partial charge in [-0.1, -0.05) is 34.5 Å². The minimum atomic E-state index is -0.410. The summed E-state index contributed by atoms with van der Waals surface area (Å²) in [6.45, 7) is 0. The largest absolute Gasteiger partial charge is 0.320 e. The van der Waals surface area contributed by atoms with Gasteiger partial charge in [-0.3, -0.25) is 4.79 Å². The SMILES string of the molecule is O=C(Nc1cc(Cl)cc(Cl)c1)c1nnc(Cl)s1. The van der Waals surface area contributed by atoms with Gasteiger partial charge in [0.1, 0.15) is 0 Å². The molecule has 4 nitrogen and oxygen atoms in total. The predicted molar refractivity (Wildman–Crippen MR) is 69.3 cm³/mol. The molecular weight excluding hydrogens is 305 g/mol. The summed E-state index contributed by atoms with van der Waals surface area (Å²) in [7, 11) is 0. The van der Waals surface area contributed by atoms with Crippen molar-refractivity contribution in [3.63, 3.8) is 0 Å². The number of amides is 1. The van der Waals surface area contributed by atoms with E-state index in [0.717, 1.165) is 11.3 Å². The predicted octanol–water partition coefficient (Wildman–Crippen LogP) is 3.75. The number of aromatic nitrogens is 2. The number of rotatable bonds is 2. The van der Waals surface area contributed by atoms with Crippen molar-refractivity contribution in [2.24, 2.45) is 0 Å². The molecule has 0 radical (unpaired) electrons. The number of halogens is 3. The summed E-state index contributed by atoms with van der Waals surface area (Å²) < 4.78 is 0.208. The topological polar surface area (TPSA) is 54.9 Å². The summed E-state index contributed by atoms with van der Waals surface area (Å²) in [6.07, 6.45) is 0. The van der Waals surface area contributed by atoms with Crippen LogP contribution in [0, 0.1) is 0 Å². The first-order valence-electron chi connectivity index (χ1n) is 4.31. The average Bonchev–Trinajstić information content (AvgIpc) is 2.63. The van der Waals surface area contributed by atoms with E-state index in [1.54, 1.807) is 18.2 Å². The normalized spacial score (nSPS) is 10.3. The maximum absolute atomic E-state index is 11.7. The minimum absolute atomic E-state index is 0.172. The van der Waals surface area contributed by atoms with E-state index in [4.69, 9.17) is 34.8 Å². The molecule has 1 heterocycles. The van der Waals surface area contributed by atoms with Crippen LogP contribution in [0.3, 0.4) is 0 Å². The second kappa shape index (κ2) is 5.18. The molecule has 88 valence electrons. The second-order valence-electron chi connectivity index (χ2n) is 2.97. The lowest BCUT2D eigenvalue weighted by Gasteiger charge is -2.03. The molecule has 0 fully saturated rings. The van der Waals surface area contributed by atoms with Crippen molar-refractivity contribution < 1.29 is 4.79 Å². The lowest BCUT2D eigenvalue weighted by molar-refractivity contribution is 0.102. The molecule has 0 aliphatic rings. The zero-order valence-corrected chi connectivity index (χ0v) is 11.2. The molecule has 1 aromatic heterocycles. The lowest BCUT2D eigenvalue weighted by Crippen LogP contribution is -2.11. The van der Waals surface area contributed by atoms with Gasteiger partial charge in [-0.05, 0) is 29.8 Å². The van der Waals surface area contributed by atoms with Crippen molar-refractivity contribution in [2.45, 2.75) is 0 Å². The van der Waals surface area contributed by atoms with Crippen LogP contribution in [0.4, 0.5) is 5.69 Å². The van der Waals surface area contributed by atoms with Crippen LogP contribution >= 0.6 is 46.1 Å². The number of nitrogens with zero attached hydrogens (tertiary/aromatic N) is 2. The number of hydrogen-bond donors (Lipinski definition) is 1. The monoisotopic (exact) mass is 307 g/mol. The van der Waals surface area contributed by atoms with Gasteiger partial charge in [-0.25, -0.2) is 0 Å². The Morgan fingerprint density at radius 2 is 1.76 bits per heavy atom. The van der Waals surface area contributed by atoms with Crippen LogP contribution in [0.2, 0.25) is 14.5 Å². The van der Waals surface area contributed by atoms with Crippen molar-refractivity contribution in [2.75, 3.05) is 5.32 Å². The third kappa shape index (κ3) is 3.29. The first-order chi connectivity index (χ1) is 8.04. The van der Waals surface area contributed by atoms with Crippen LogP contribution < -0.4 is 5.32 Å². The molecule has 1 aromatic carbocycles. The summed E-state index contributed by atoms with van der Waals surface area (Å²) in [5, 5.41) is 10.8. The maximum Gasteiger partial charge on any atom is 0.286 e. The van der Waals surface area contributed by atoms with E-state index in [9.17, 15) is 4.79 Å². The van der Waals surface area contributed by atoms with Crippen molar-refractivity contribution in [3.05, 3.63) is 37.7 Å². The van der Waals surface area contributed by atoms with Gasteiger partial charge in [0.2, 0.25) is 9.47 Å². The van der Waals surface area contributed by atoms with Gasteiger partial charge in [0.25, 0.3) is 5.91 Å². The number of carbonyl (C=O) groups is 1. The standard InChI is InChI=1S/C9H4Cl3N3OS/c10-4-1-5(11)3-6(2-4)13-7(16)8-14-15-9(12)17-8/h1-3H,(H,13,16). The summed E-state index contributed by atoms with van der Waals surface area (Å²) in [5.41, 5.74) is 0.485. The summed E-state index contributed by atoms with van der Waals surface area (Å²) in [5.74, 6) is -0.410. The summed E-state index contributed by atoms with van der Waals surface area (Å²) in [4.78, 5) is 11.7. The first-order valence-corrected chi connectivity index (χ1v) is 6.26. The average molecular weight is 309 g/mol. The molecule has 1 N–H and O–H groups in total. The Morgan fingerprint density at radius 3 is 2.29 bits per heavy atom. The fraction of sp³-hybridized carbons (Fsp3) is 0. The minimum Gasteiger partial charge on any atom is -0.320 e. The first kappa shape index (κ1) is 12.6. The third-order valence-electron chi connectivity index (χ3n) is 1.72. The Kier molecular flexibility index (Phi) is 3.83. The molecule has 2 rings (SSSR count). The van der Waals surface area contributed by atoms with Gasteiger partial charge in [0.05, 0.1) is 0 Å². The Balaban J connectivity index is 2.18. The van der Waals surface area contributed by atoms with Gasteiger partial charge >= 0.3 is 0 Å². The number of nitrogens with one attached hydrogen (secondary N) is 1. The zero-order chi connectivity index (χ0) is 12.4. The highest BCUT2D eigenvalue weighted by Gasteiger charge is 2.12. The Bertz CT molecular complexity index is 552. The number of hydrogen-bond acceptors (Lipinski definition) is 4. The van der Waals surface area contributed by atoms with Crippen LogP contribution in [0.25, 0.3) is 0 Å². The van der Waals surface area contributed by atoms with E-state index in [2.05, 4.69) is 15.5 Å². The van der Waals surface area contributed by atoms with Gasteiger partial charge in [-0.2, -0.15) is 0 Å². The molecular formula is C9H4Cl3N3OS. The highest BCUT2D eigenvalue weighted by Crippen LogP contribution is 2.23. The van der Waals surface area contributed by atoms with Gasteiger partial charge in [0.15, 0.2) is 0 Å². The van der Waals surface area contributed by atoms with E-state index in [1.165, 1.54) is 0 Å². The molecule has 0 aliphatic carbocycles. The lowest BCUT2D eigenvalue weighted by atomic mass is 10.3. The van der Waals surface area contributed by atoms with E-state index in [0.29, 0.717) is 15.7 Å². The van der Waals surface area contributed by atoms with Crippen LogP contribution in [0.15, 0.2) is 18.2 Å². The zero-order valence-electron chi connectivity index (χ0n) is 8.08. The summed E-state index contributed by atoms with van der Waals surface area (Å²) in [6, 6.07) is 4.72. The van der Waals surface area contributed by atoms with E-state index in [1.807, 2.05) is 0 Å². The quantitative estimate of drug-likeness (QED) is 0.919. The number of anilines is 1. The molecule has 0 saturated heterocycles. The fourth-order valence-corrected chi connectivity index (χ4v) is 2.36. The Morgan fingerprint density at radius 1 is 1.12 bits per heavy atom. The van der Waals surface area contributed by atoms with Crippen molar-refractivity contribution >= 4 is 57.7 Å². The molecule has 0 saturated carbocycles. The Labute approximate surface area is 116 Å². The fourth-order valence-electron chi connectivity index (χ4n) is 1.11.